The molecule has 0 aliphatic heterocycles. The summed E-state index contributed by atoms with van der Waals surface area (Å²) < 4.78 is 7.33. The van der Waals surface area contributed by atoms with Gasteiger partial charge in [0.05, 0.1) is 38.7 Å². The van der Waals surface area contributed by atoms with E-state index in [1.807, 2.05) is 28.8 Å². The molecule has 0 spiro atoms. The van der Waals surface area contributed by atoms with Crippen LogP contribution in [0.2, 0.25) is 15.1 Å². The van der Waals surface area contributed by atoms with Gasteiger partial charge in [0, 0.05) is 6.54 Å². The zero-order valence-corrected chi connectivity index (χ0v) is 19.8. The predicted octanol–water partition coefficient (Wildman–Crippen LogP) is 6.22. The molecule has 6 nitrogen and oxygen atoms in total. The molecule has 0 aliphatic carbocycles. The number of hydrogen-bond acceptors (Lipinski definition) is 5. The first kappa shape index (κ1) is 23.5. The standard InChI is InChI=1S/C21H19Cl3N4O2S/c1-4-9-28-19(13-7-5-6-8-18(13)30-3)26-27-21(28)31-12(2)20(29)25-17-11-15(23)14(22)10-16(17)24/h4-8,10-12H,1,9H2,2-3H3,(H,25,29). The van der Waals surface area contributed by atoms with Crippen molar-refractivity contribution >= 4 is 58.2 Å². The maximum absolute atomic E-state index is 12.7. The summed E-state index contributed by atoms with van der Waals surface area (Å²) in [6, 6.07) is 10.5. The van der Waals surface area contributed by atoms with Crippen LogP contribution in [0.15, 0.2) is 54.2 Å². The molecule has 0 saturated carbocycles. The van der Waals surface area contributed by atoms with Crippen LogP contribution in [0.3, 0.4) is 0 Å². The number of halogens is 3. The van der Waals surface area contributed by atoms with E-state index in [1.165, 1.54) is 23.9 Å². The van der Waals surface area contributed by atoms with Crippen molar-refractivity contribution in [1.29, 1.82) is 0 Å². The second kappa shape index (κ2) is 10.4. The Balaban J connectivity index is 1.83. The van der Waals surface area contributed by atoms with Crippen LogP contribution in [-0.2, 0) is 11.3 Å². The molecular weight excluding hydrogens is 479 g/mol. The van der Waals surface area contributed by atoms with Crippen molar-refractivity contribution in [3.05, 3.63) is 64.1 Å². The van der Waals surface area contributed by atoms with Gasteiger partial charge in [-0.1, -0.05) is 64.8 Å². The number of benzene rings is 2. The van der Waals surface area contributed by atoms with Gasteiger partial charge in [-0.25, -0.2) is 0 Å². The Labute approximate surface area is 199 Å². The molecule has 0 bridgehead atoms. The Hall–Kier alpha value is -2.19. The van der Waals surface area contributed by atoms with Gasteiger partial charge in [0.15, 0.2) is 11.0 Å². The molecule has 1 aromatic heterocycles. The lowest BCUT2D eigenvalue weighted by molar-refractivity contribution is -0.115. The van der Waals surface area contributed by atoms with Crippen LogP contribution >= 0.6 is 46.6 Å². The zero-order chi connectivity index (χ0) is 22.5. The van der Waals surface area contributed by atoms with Crippen molar-refractivity contribution < 1.29 is 9.53 Å². The van der Waals surface area contributed by atoms with Crippen molar-refractivity contribution in [2.45, 2.75) is 23.9 Å². The molecule has 0 fully saturated rings. The van der Waals surface area contributed by atoms with E-state index in [2.05, 4.69) is 22.1 Å². The number of carbonyl (C=O) groups is 1. The number of nitrogens with one attached hydrogen (secondary N) is 1. The van der Waals surface area contributed by atoms with Crippen LogP contribution in [0.1, 0.15) is 6.92 Å². The average molecular weight is 498 g/mol. The third-order valence-electron chi connectivity index (χ3n) is 4.30. The largest absolute Gasteiger partial charge is 0.496 e. The van der Waals surface area contributed by atoms with Crippen LogP contribution in [0, 0.1) is 0 Å². The van der Waals surface area contributed by atoms with Crippen LogP contribution < -0.4 is 10.1 Å². The molecule has 1 N–H and O–H groups in total. The van der Waals surface area contributed by atoms with Crippen molar-refractivity contribution in [3.63, 3.8) is 0 Å². The van der Waals surface area contributed by atoms with Gasteiger partial charge < -0.3 is 10.1 Å². The first-order chi connectivity index (χ1) is 14.8. The lowest BCUT2D eigenvalue weighted by Gasteiger charge is -2.14. The van der Waals surface area contributed by atoms with E-state index < -0.39 is 5.25 Å². The molecule has 162 valence electrons. The maximum Gasteiger partial charge on any atom is 0.237 e. The first-order valence-corrected chi connectivity index (χ1v) is 11.2. The van der Waals surface area contributed by atoms with E-state index in [0.29, 0.717) is 44.0 Å². The number of thioether (sulfide) groups is 1. The second-order valence-electron chi connectivity index (χ2n) is 6.40. The van der Waals surface area contributed by atoms with Gasteiger partial charge in [-0.15, -0.1) is 16.8 Å². The minimum atomic E-state index is -0.496. The Bertz CT molecular complexity index is 1120. The average Bonchev–Trinajstić information content (AvgIpc) is 3.14. The van der Waals surface area contributed by atoms with Gasteiger partial charge in [0.25, 0.3) is 0 Å². The van der Waals surface area contributed by atoms with E-state index in [4.69, 9.17) is 39.5 Å². The molecule has 31 heavy (non-hydrogen) atoms. The minimum Gasteiger partial charge on any atom is -0.496 e. The summed E-state index contributed by atoms with van der Waals surface area (Å²) in [5.41, 5.74) is 1.18. The van der Waals surface area contributed by atoms with Gasteiger partial charge in [-0.3, -0.25) is 9.36 Å². The van der Waals surface area contributed by atoms with E-state index in [1.54, 1.807) is 20.1 Å². The van der Waals surface area contributed by atoms with Gasteiger partial charge in [-0.05, 0) is 31.2 Å². The molecule has 3 aromatic rings. The van der Waals surface area contributed by atoms with Crippen LogP contribution in [0.5, 0.6) is 5.75 Å². The molecule has 0 aliphatic rings. The summed E-state index contributed by atoms with van der Waals surface area (Å²) in [6.45, 7) is 6.05. The molecule has 1 atom stereocenters. The van der Waals surface area contributed by atoms with E-state index >= 15 is 0 Å². The van der Waals surface area contributed by atoms with E-state index in [9.17, 15) is 4.79 Å². The Morgan fingerprint density at radius 1 is 1.23 bits per heavy atom. The third-order valence-corrected chi connectivity index (χ3v) is 6.41. The monoisotopic (exact) mass is 496 g/mol. The number of nitrogens with zero attached hydrogens (tertiary/aromatic N) is 3. The molecule has 3 rings (SSSR count). The van der Waals surface area contributed by atoms with E-state index in [0.717, 1.165) is 5.56 Å². The summed E-state index contributed by atoms with van der Waals surface area (Å²) in [5, 5.41) is 12.4. The highest BCUT2D eigenvalue weighted by molar-refractivity contribution is 8.00. The normalized spacial score (nSPS) is 11.8. The van der Waals surface area contributed by atoms with Crippen molar-refractivity contribution in [2.24, 2.45) is 0 Å². The van der Waals surface area contributed by atoms with Crippen molar-refractivity contribution in [3.8, 4) is 17.1 Å². The highest BCUT2D eigenvalue weighted by atomic mass is 35.5. The summed E-state index contributed by atoms with van der Waals surface area (Å²) in [6.07, 6.45) is 1.74. The van der Waals surface area contributed by atoms with Gasteiger partial charge in [0.2, 0.25) is 5.91 Å². The lowest BCUT2D eigenvalue weighted by atomic mass is 10.2. The molecule has 10 heteroatoms. The highest BCUT2D eigenvalue weighted by Crippen LogP contribution is 2.34. The third kappa shape index (κ3) is 5.36. The number of allylic oxidation sites excluding steroid dienone is 1. The Kier molecular flexibility index (Phi) is 7.89. The summed E-state index contributed by atoms with van der Waals surface area (Å²) in [5.74, 6) is 1.04. The number of ether oxygens (including phenoxy) is 1. The molecular formula is C21H19Cl3N4O2S. The minimum absolute atomic E-state index is 0.266. The van der Waals surface area contributed by atoms with Gasteiger partial charge in [-0.2, -0.15) is 0 Å². The molecule has 1 heterocycles. The van der Waals surface area contributed by atoms with Crippen LogP contribution in [0.4, 0.5) is 5.69 Å². The van der Waals surface area contributed by atoms with Gasteiger partial charge >= 0.3 is 0 Å². The number of amides is 1. The Morgan fingerprint density at radius 2 is 1.94 bits per heavy atom. The second-order valence-corrected chi connectivity index (χ2v) is 8.93. The topological polar surface area (TPSA) is 69.0 Å². The lowest BCUT2D eigenvalue weighted by Crippen LogP contribution is -2.23. The summed E-state index contributed by atoms with van der Waals surface area (Å²) in [7, 11) is 1.60. The number of anilines is 1. The number of para-hydroxylation sites is 1. The zero-order valence-electron chi connectivity index (χ0n) is 16.7. The fourth-order valence-corrected chi connectivity index (χ4v) is 4.22. The highest BCUT2D eigenvalue weighted by Gasteiger charge is 2.22. The number of rotatable bonds is 8. The quantitative estimate of drug-likeness (QED) is 0.227. The summed E-state index contributed by atoms with van der Waals surface area (Å²) >= 11 is 19.4. The van der Waals surface area contributed by atoms with Crippen LogP contribution in [0.25, 0.3) is 11.4 Å². The molecule has 0 radical (unpaired) electrons. The number of hydrogen-bond donors (Lipinski definition) is 1. The number of carbonyl (C=O) groups excluding carboxylic acids is 1. The van der Waals surface area contributed by atoms with E-state index in [-0.39, 0.29) is 5.91 Å². The summed E-state index contributed by atoms with van der Waals surface area (Å²) in [4.78, 5) is 12.7. The first-order valence-electron chi connectivity index (χ1n) is 9.15. The maximum atomic E-state index is 12.7. The molecule has 0 saturated heterocycles. The smallest absolute Gasteiger partial charge is 0.237 e. The van der Waals surface area contributed by atoms with Crippen molar-refractivity contribution in [2.75, 3.05) is 12.4 Å². The molecule has 1 amide bonds. The van der Waals surface area contributed by atoms with Crippen molar-refractivity contribution in [1.82, 2.24) is 14.8 Å². The SMILES string of the molecule is C=CCn1c(SC(C)C(=O)Nc2cc(Cl)c(Cl)cc2Cl)nnc1-c1ccccc1OC. The fourth-order valence-electron chi connectivity index (χ4n) is 2.76. The van der Waals surface area contributed by atoms with Gasteiger partial charge in [0.1, 0.15) is 5.75 Å². The van der Waals surface area contributed by atoms with Crippen LogP contribution in [-0.4, -0.2) is 33.0 Å². The number of aromatic nitrogens is 3. The number of methoxy groups -OCH3 is 1. The Morgan fingerprint density at radius 3 is 2.65 bits per heavy atom. The molecule has 2 aromatic carbocycles. The molecule has 1 unspecified atom stereocenters. The predicted molar refractivity (Wildman–Crippen MR) is 128 cm³/mol. The fraction of sp³-hybridized carbons (Fsp3) is 0.190.